The highest BCUT2D eigenvalue weighted by atomic mass is 32.2. The minimum atomic E-state index is -0.930. The first-order chi connectivity index (χ1) is 8.16. The van der Waals surface area contributed by atoms with E-state index in [4.69, 9.17) is 5.11 Å². The first kappa shape index (κ1) is 13.9. The first-order valence-corrected chi connectivity index (χ1v) is 6.78. The predicted octanol–water partition coefficient (Wildman–Crippen LogP) is 1.16. The second-order valence-corrected chi connectivity index (χ2v) is 4.86. The van der Waals surface area contributed by atoms with Crippen LogP contribution in [0.25, 0.3) is 0 Å². The Balaban J connectivity index is 2.44. The summed E-state index contributed by atoms with van der Waals surface area (Å²) in [6, 6.07) is -0.974. The quantitative estimate of drug-likeness (QED) is 0.586. The average molecular weight is 258 g/mol. The lowest BCUT2D eigenvalue weighted by atomic mass is 10.3. The fourth-order valence-electron chi connectivity index (χ4n) is 1.58. The molecule has 1 heterocycles. The molecule has 17 heavy (non-hydrogen) atoms. The van der Waals surface area contributed by atoms with Crippen LogP contribution in [0.2, 0.25) is 0 Å². The number of carbonyl (C=O) groups excluding carboxylic acids is 1. The minimum absolute atomic E-state index is 0.276. The molecule has 5 nitrogen and oxygen atoms in total. The number of thioether (sulfide) groups is 1. The summed E-state index contributed by atoms with van der Waals surface area (Å²) in [5.74, 6) is 0.338. The lowest BCUT2D eigenvalue weighted by Crippen LogP contribution is -2.53. The summed E-state index contributed by atoms with van der Waals surface area (Å²) in [5.41, 5.74) is 0. The first-order valence-electron chi connectivity index (χ1n) is 5.63. The maximum Gasteiger partial charge on any atom is 0.327 e. The van der Waals surface area contributed by atoms with Crippen LogP contribution >= 0.6 is 11.8 Å². The Bertz CT molecular complexity index is 307. The van der Waals surface area contributed by atoms with Crippen LogP contribution < -0.4 is 5.32 Å². The molecule has 1 unspecified atom stereocenters. The molecule has 1 fully saturated rings. The summed E-state index contributed by atoms with van der Waals surface area (Å²) in [5, 5.41) is 11.8. The summed E-state index contributed by atoms with van der Waals surface area (Å²) in [6.45, 7) is 2.96. The van der Waals surface area contributed by atoms with E-state index in [9.17, 15) is 9.59 Å². The van der Waals surface area contributed by atoms with Gasteiger partial charge in [0.1, 0.15) is 6.04 Å². The van der Waals surface area contributed by atoms with Crippen molar-refractivity contribution in [2.45, 2.75) is 19.4 Å². The molecule has 0 bridgehead atoms. The van der Waals surface area contributed by atoms with Crippen molar-refractivity contribution in [2.24, 2.45) is 0 Å². The van der Waals surface area contributed by atoms with Crippen LogP contribution in [0.3, 0.4) is 0 Å². The molecule has 0 spiro atoms. The van der Waals surface area contributed by atoms with Gasteiger partial charge < -0.3 is 15.3 Å². The van der Waals surface area contributed by atoms with Crippen LogP contribution in [-0.4, -0.2) is 52.6 Å². The molecule has 2 amide bonds. The van der Waals surface area contributed by atoms with Crippen LogP contribution in [0.4, 0.5) is 4.79 Å². The zero-order valence-corrected chi connectivity index (χ0v) is 10.7. The lowest BCUT2D eigenvalue weighted by molar-refractivity contribution is -0.141. The van der Waals surface area contributed by atoms with E-state index in [0.29, 0.717) is 18.8 Å². The van der Waals surface area contributed by atoms with Gasteiger partial charge in [-0.1, -0.05) is 12.2 Å². The second kappa shape index (κ2) is 7.21. The summed E-state index contributed by atoms with van der Waals surface area (Å²) in [7, 11) is 0. The van der Waals surface area contributed by atoms with Crippen LogP contribution in [0.1, 0.15) is 13.3 Å². The molecule has 1 saturated heterocycles. The molecule has 1 aliphatic heterocycles. The average Bonchev–Trinajstić information content (AvgIpc) is 2.34. The Labute approximate surface area is 105 Å². The Hall–Kier alpha value is -1.17. The third kappa shape index (κ3) is 4.30. The molecule has 0 aromatic heterocycles. The van der Waals surface area contributed by atoms with Crippen molar-refractivity contribution in [1.82, 2.24) is 10.2 Å². The van der Waals surface area contributed by atoms with Gasteiger partial charge in [0.05, 0.1) is 0 Å². The van der Waals surface area contributed by atoms with Gasteiger partial charge in [-0.25, -0.2) is 9.59 Å². The number of urea groups is 1. The van der Waals surface area contributed by atoms with Gasteiger partial charge >= 0.3 is 12.0 Å². The monoisotopic (exact) mass is 258 g/mol. The van der Waals surface area contributed by atoms with Crippen LogP contribution in [0.5, 0.6) is 0 Å². The number of carbonyl (C=O) groups is 2. The van der Waals surface area contributed by atoms with E-state index in [-0.39, 0.29) is 6.03 Å². The minimum Gasteiger partial charge on any atom is -0.480 e. The molecule has 2 N–H and O–H groups in total. The number of carboxylic acid groups (broad SMARTS) is 1. The van der Waals surface area contributed by atoms with Gasteiger partial charge in [0.2, 0.25) is 0 Å². The van der Waals surface area contributed by atoms with E-state index in [1.807, 2.05) is 19.1 Å². The third-order valence-corrected chi connectivity index (χ3v) is 3.52. The molecule has 0 aliphatic carbocycles. The molecule has 1 rings (SSSR count). The van der Waals surface area contributed by atoms with Crippen LogP contribution in [0, 0.1) is 0 Å². The maximum atomic E-state index is 11.8. The normalized spacial score (nSPS) is 20.5. The number of hydrogen-bond acceptors (Lipinski definition) is 3. The number of allylic oxidation sites excluding steroid dienone is 1. The number of nitrogens with zero attached hydrogens (tertiary/aromatic N) is 1. The van der Waals surface area contributed by atoms with Crippen molar-refractivity contribution in [2.75, 3.05) is 24.6 Å². The van der Waals surface area contributed by atoms with Crippen molar-refractivity contribution in [3.05, 3.63) is 12.2 Å². The van der Waals surface area contributed by atoms with E-state index in [2.05, 4.69) is 5.32 Å². The molecule has 1 atom stereocenters. The molecule has 96 valence electrons. The Morgan fingerprint density at radius 3 is 3.00 bits per heavy atom. The number of carboxylic acids is 1. The number of hydrogen-bond donors (Lipinski definition) is 2. The summed E-state index contributed by atoms with van der Waals surface area (Å²) < 4.78 is 0. The van der Waals surface area contributed by atoms with E-state index in [1.165, 1.54) is 4.90 Å². The standard InChI is InChI=1S/C11H18N2O3S/c1-2-3-4-5-12-11(16)13-6-7-17-8-9(13)10(14)15/h2-3,9H,4-8H2,1H3,(H,12,16)(H,14,15)/b3-2+. The van der Waals surface area contributed by atoms with E-state index < -0.39 is 12.0 Å². The van der Waals surface area contributed by atoms with Gasteiger partial charge in [0.15, 0.2) is 0 Å². The maximum absolute atomic E-state index is 11.8. The fourth-order valence-corrected chi connectivity index (χ4v) is 2.62. The molecule has 1 aliphatic rings. The van der Waals surface area contributed by atoms with Crippen molar-refractivity contribution < 1.29 is 14.7 Å². The molecule has 0 aromatic carbocycles. The smallest absolute Gasteiger partial charge is 0.327 e. The number of amides is 2. The number of rotatable bonds is 4. The molecular formula is C11H18N2O3S. The summed E-state index contributed by atoms with van der Waals surface area (Å²) >= 11 is 1.57. The van der Waals surface area contributed by atoms with Crippen LogP contribution in [0.15, 0.2) is 12.2 Å². The van der Waals surface area contributed by atoms with Gasteiger partial charge in [0.25, 0.3) is 0 Å². The highest BCUT2D eigenvalue weighted by Gasteiger charge is 2.31. The molecule has 6 heteroatoms. The van der Waals surface area contributed by atoms with Crippen molar-refractivity contribution >= 4 is 23.8 Å². The molecule has 0 saturated carbocycles. The van der Waals surface area contributed by atoms with E-state index in [0.717, 1.165) is 12.2 Å². The lowest BCUT2D eigenvalue weighted by Gasteiger charge is -2.32. The number of nitrogens with one attached hydrogen (secondary N) is 1. The molecular weight excluding hydrogens is 240 g/mol. The third-order valence-electron chi connectivity index (χ3n) is 2.50. The summed E-state index contributed by atoms with van der Waals surface area (Å²) in [6.07, 6.45) is 4.65. The largest absolute Gasteiger partial charge is 0.480 e. The molecule has 0 aromatic rings. The highest BCUT2D eigenvalue weighted by Crippen LogP contribution is 2.16. The Morgan fingerprint density at radius 2 is 2.35 bits per heavy atom. The van der Waals surface area contributed by atoms with Crippen molar-refractivity contribution in [1.29, 1.82) is 0 Å². The fraction of sp³-hybridized carbons (Fsp3) is 0.636. The van der Waals surface area contributed by atoms with Gasteiger partial charge in [0, 0.05) is 24.6 Å². The molecule has 0 radical (unpaired) electrons. The highest BCUT2D eigenvalue weighted by molar-refractivity contribution is 7.99. The zero-order chi connectivity index (χ0) is 12.7. The topological polar surface area (TPSA) is 69.6 Å². The van der Waals surface area contributed by atoms with E-state index in [1.54, 1.807) is 11.8 Å². The number of aliphatic carboxylic acids is 1. The van der Waals surface area contributed by atoms with Gasteiger partial charge in [-0.15, -0.1) is 0 Å². The second-order valence-electron chi connectivity index (χ2n) is 3.71. The SMILES string of the molecule is C/C=C/CCNC(=O)N1CCSCC1C(=O)O. The van der Waals surface area contributed by atoms with E-state index >= 15 is 0 Å². The van der Waals surface area contributed by atoms with Crippen molar-refractivity contribution in [3.8, 4) is 0 Å². The van der Waals surface area contributed by atoms with Gasteiger partial charge in [-0.05, 0) is 13.3 Å². The van der Waals surface area contributed by atoms with Crippen molar-refractivity contribution in [3.63, 3.8) is 0 Å². The van der Waals surface area contributed by atoms with Crippen LogP contribution in [-0.2, 0) is 4.79 Å². The Morgan fingerprint density at radius 1 is 1.59 bits per heavy atom. The predicted molar refractivity (Wildman–Crippen MR) is 68.3 cm³/mol. The zero-order valence-electron chi connectivity index (χ0n) is 9.89. The van der Waals surface area contributed by atoms with Gasteiger partial charge in [-0.2, -0.15) is 11.8 Å². The van der Waals surface area contributed by atoms with Gasteiger partial charge in [-0.3, -0.25) is 0 Å². The summed E-state index contributed by atoms with van der Waals surface area (Å²) in [4.78, 5) is 24.2. The Kier molecular flexibility index (Phi) is 5.90.